The third-order valence-corrected chi connectivity index (χ3v) is 15.0. The second kappa shape index (κ2) is 16.6. The Balaban J connectivity index is 1.40. The van der Waals surface area contributed by atoms with Crippen molar-refractivity contribution in [3.63, 3.8) is 0 Å². The molecule has 2 aliphatic rings. The summed E-state index contributed by atoms with van der Waals surface area (Å²) in [6, 6.07) is 57.6. The van der Waals surface area contributed by atoms with Gasteiger partial charge >= 0.3 is 0 Å². The van der Waals surface area contributed by atoms with Crippen LogP contribution in [-0.4, -0.2) is 6.71 Å². The normalized spacial score (nSPS) is 15.2. The summed E-state index contributed by atoms with van der Waals surface area (Å²) >= 11 is 0. The lowest BCUT2D eigenvalue weighted by molar-refractivity contribution is 0.589. The topological polar surface area (TPSA) is 3.24 Å². The van der Waals surface area contributed by atoms with Crippen LogP contribution in [0.2, 0.25) is 0 Å². The minimum atomic E-state index is -0.0307. The van der Waals surface area contributed by atoms with Crippen LogP contribution >= 0.6 is 0 Å². The van der Waals surface area contributed by atoms with Gasteiger partial charge in [-0.2, -0.15) is 0 Å². The fourth-order valence-corrected chi connectivity index (χ4v) is 10.7. The molecule has 0 aliphatic carbocycles. The highest BCUT2D eigenvalue weighted by Gasteiger charge is 2.43. The van der Waals surface area contributed by atoms with Gasteiger partial charge in [-0.3, -0.25) is 0 Å². The van der Waals surface area contributed by atoms with Gasteiger partial charge in [-0.15, -0.1) is 0 Å². The van der Waals surface area contributed by atoms with E-state index >= 15 is 0 Å². The second-order valence-corrected chi connectivity index (χ2v) is 25.2. The summed E-state index contributed by atoms with van der Waals surface area (Å²) in [5.41, 5.74) is 24.3. The number of hydrogen-bond donors (Lipinski definition) is 0. The van der Waals surface area contributed by atoms with E-state index < -0.39 is 0 Å². The average Bonchev–Trinajstić information content (AvgIpc) is 3.39. The van der Waals surface area contributed by atoms with E-state index in [1.165, 1.54) is 100 Å². The first-order valence-corrected chi connectivity index (χ1v) is 25.0. The van der Waals surface area contributed by atoms with E-state index in [9.17, 15) is 0 Å². The van der Waals surface area contributed by atoms with Crippen molar-refractivity contribution in [1.29, 1.82) is 0 Å². The lowest BCUT2D eigenvalue weighted by atomic mass is 9.33. The van der Waals surface area contributed by atoms with Crippen LogP contribution in [-0.2, 0) is 39.9 Å². The van der Waals surface area contributed by atoms with Crippen LogP contribution in [0.15, 0.2) is 146 Å². The molecule has 0 radical (unpaired) electrons. The first-order valence-electron chi connectivity index (χ1n) is 25.0. The first-order chi connectivity index (χ1) is 31.4. The molecule has 0 aromatic heterocycles. The minimum absolute atomic E-state index is 0.00138. The Morgan fingerprint density at radius 3 is 1.48 bits per heavy atom. The van der Waals surface area contributed by atoms with E-state index in [1.54, 1.807) is 0 Å². The number of hydrogen-bond acceptors (Lipinski definition) is 1. The zero-order chi connectivity index (χ0) is 48.0. The van der Waals surface area contributed by atoms with E-state index in [0.717, 1.165) is 12.8 Å². The molecule has 2 heterocycles. The van der Waals surface area contributed by atoms with Crippen LogP contribution < -0.4 is 21.3 Å². The third-order valence-electron chi connectivity index (χ3n) is 15.0. The van der Waals surface area contributed by atoms with Crippen LogP contribution in [0.25, 0.3) is 22.3 Å². The molecule has 1 nitrogen and oxygen atoms in total. The van der Waals surface area contributed by atoms with Gasteiger partial charge in [0.05, 0.1) is 5.69 Å². The van der Waals surface area contributed by atoms with E-state index in [0.29, 0.717) is 0 Å². The summed E-state index contributed by atoms with van der Waals surface area (Å²) < 4.78 is 0. The average molecular weight is 880 g/mol. The zero-order valence-electron chi connectivity index (χ0n) is 43.4. The number of anilines is 3. The fourth-order valence-electron chi connectivity index (χ4n) is 10.7. The number of fused-ring (bicyclic) bond motifs is 4. The smallest absolute Gasteiger partial charge is 0.247 e. The Labute approximate surface area is 405 Å². The van der Waals surface area contributed by atoms with Crippen LogP contribution in [0.4, 0.5) is 17.1 Å². The molecule has 0 amide bonds. The molecule has 0 N–H and O–H groups in total. The van der Waals surface area contributed by atoms with Gasteiger partial charge < -0.3 is 4.90 Å². The van der Waals surface area contributed by atoms with Crippen molar-refractivity contribution in [2.45, 2.75) is 150 Å². The van der Waals surface area contributed by atoms with Gasteiger partial charge in [-0.05, 0) is 137 Å². The molecule has 2 heteroatoms. The summed E-state index contributed by atoms with van der Waals surface area (Å²) in [7, 11) is 0. The molecule has 342 valence electrons. The Morgan fingerprint density at radius 2 is 0.910 bits per heavy atom. The molecule has 0 bridgehead atoms. The summed E-state index contributed by atoms with van der Waals surface area (Å²) in [4.78, 5) is 2.68. The van der Waals surface area contributed by atoms with Crippen molar-refractivity contribution < 1.29 is 0 Å². The first kappa shape index (κ1) is 46.5. The van der Waals surface area contributed by atoms with E-state index in [4.69, 9.17) is 0 Å². The van der Waals surface area contributed by atoms with Gasteiger partial charge in [-0.25, -0.2) is 0 Å². The number of benzene rings is 7. The predicted molar refractivity (Wildman–Crippen MR) is 293 cm³/mol. The molecule has 7 aromatic carbocycles. The Morgan fingerprint density at radius 1 is 0.418 bits per heavy atom. The van der Waals surface area contributed by atoms with E-state index in [1.807, 2.05) is 0 Å². The van der Waals surface area contributed by atoms with Gasteiger partial charge in [0.1, 0.15) is 0 Å². The van der Waals surface area contributed by atoms with E-state index in [2.05, 4.69) is 254 Å². The summed E-state index contributed by atoms with van der Waals surface area (Å²) in [5, 5.41) is 0. The molecule has 0 saturated carbocycles. The highest BCUT2D eigenvalue weighted by molar-refractivity contribution is 6.98. The molecule has 0 fully saturated rings. The highest BCUT2D eigenvalue weighted by Crippen LogP contribution is 2.47. The summed E-state index contributed by atoms with van der Waals surface area (Å²) in [6.45, 7) is 35.1. The molecule has 2 aliphatic heterocycles. The Kier molecular flexibility index (Phi) is 11.5. The van der Waals surface area contributed by atoms with Gasteiger partial charge in [0.15, 0.2) is 0 Å². The van der Waals surface area contributed by atoms with Crippen LogP contribution in [0.3, 0.4) is 0 Å². The molecular formula is C65H74BN. The summed E-state index contributed by atoms with van der Waals surface area (Å²) in [6.07, 6.45) is 1.94. The summed E-state index contributed by atoms with van der Waals surface area (Å²) in [5.74, 6) is 0.254. The lowest BCUT2D eigenvalue weighted by Gasteiger charge is -2.41. The maximum absolute atomic E-state index is 2.68. The Hall–Kier alpha value is -5.60. The van der Waals surface area contributed by atoms with Crippen molar-refractivity contribution >= 4 is 40.2 Å². The molecule has 67 heavy (non-hydrogen) atoms. The molecule has 7 aromatic rings. The molecule has 9 rings (SSSR count). The van der Waals surface area contributed by atoms with Crippen molar-refractivity contribution in [2.24, 2.45) is 0 Å². The van der Waals surface area contributed by atoms with Crippen molar-refractivity contribution in [1.82, 2.24) is 0 Å². The molecule has 0 saturated heterocycles. The standard InChI is InChI=1S/C65H74BN/c1-61(2,3)48-26-21-42(22-27-48)35-47-36-45-25-30-51(64(10,11)12)40-55(45)66-56-41-52(65(13,14)15)32-34-58(56)67(59-38-46(37-54(47)60(59)66)43-19-17-16-18-20-43)57-33-31-50(63(7,8)9)39-53(57)44-23-28-49(29-24-44)62(4,5)6/h16-34,37-41,47H,35-36H2,1-15H3. The van der Waals surface area contributed by atoms with Crippen molar-refractivity contribution in [3.05, 3.63) is 190 Å². The van der Waals surface area contributed by atoms with Crippen LogP contribution in [0.5, 0.6) is 0 Å². The van der Waals surface area contributed by atoms with Crippen molar-refractivity contribution in [2.75, 3.05) is 4.90 Å². The zero-order valence-corrected chi connectivity index (χ0v) is 43.4. The molecule has 1 unspecified atom stereocenters. The number of nitrogens with zero attached hydrogens (tertiary/aromatic N) is 1. The largest absolute Gasteiger partial charge is 0.311 e. The quantitative estimate of drug-likeness (QED) is 0.156. The molecular weight excluding hydrogens is 806 g/mol. The second-order valence-electron chi connectivity index (χ2n) is 25.2. The predicted octanol–water partition coefficient (Wildman–Crippen LogP) is 15.7. The van der Waals surface area contributed by atoms with Crippen molar-refractivity contribution in [3.8, 4) is 22.3 Å². The van der Waals surface area contributed by atoms with Gasteiger partial charge in [0.2, 0.25) is 6.71 Å². The monoisotopic (exact) mass is 880 g/mol. The molecule has 0 spiro atoms. The highest BCUT2D eigenvalue weighted by atomic mass is 15.2. The SMILES string of the molecule is CC(C)(C)c1ccc(CC2Cc3ccc(C(C)(C)C)cc3B3c4cc(C(C)(C)C)ccc4N(c4ccc(C(C)(C)C)cc4-c4ccc(C(C)(C)C)cc4)c4cc(-c5ccccc5)cc2c43)cc1. The molecule has 1 atom stereocenters. The van der Waals surface area contributed by atoms with Gasteiger partial charge in [0, 0.05) is 16.9 Å². The minimum Gasteiger partial charge on any atom is -0.311 e. The number of rotatable bonds is 5. The van der Waals surface area contributed by atoms with Gasteiger partial charge in [-0.1, -0.05) is 236 Å². The van der Waals surface area contributed by atoms with Gasteiger partial charge in [0.25, 0.3) is 0 Å². The van der Waals surface area contributed by atoms with Crippen LogP contribution in [0, 0.1) is 0 Å². The lowest BCUT2D eigenvalue weighted by Crippen LogP contribution is -2.59. The van der Waals surface area contributed by atoms with Crippen LogP contribution in [0.1, 0.15) is 154 Å². The van der Waals surface area contributed by atoms with E-state index in [-0.39, 0.29) is 39.7 Å². The third kappa shape index (κ3) is 8.99. The maximum Gasteiger partial charge on any atom is 0.247 e. The Bertz CT molecular complexity index is 2950. The fraction of sp³-hybridized carbons (Fsp3) is 0.354. The maximum atomic E-state index is 2.68.